The van der Waals surface area contributed by atoms with Gasteiger partial charge in [-0.1, -0.05) is 6.07 Å². The van der Waals surface area contributed by atoms with Gasteiger partial charge in [-0.25, -0.2) is 0 Å². The lowest BCUT2D eigenvalue weighted by Gasteiger charge is -2.19. The summed E-state index contributed by atoms with van der Waals surface area (Å²) < 4.78 is 1.37. The first-order valence-corrected chi connectivity index (χ1v) is 6.19. The van der Waals surface area contributed by atoms with Crippen LogP contribution in [0.2, 0.25) is 0 Å². The number of nitrogens with zero attached hydrogens (tertiary/aromatic N) is 1. The van der Waals surface area contributed by atoms with Crippen molar-refractivity contribution in [3.8, 4) is 0 Å². The van der Waals surface area contributed by atoms with Crippen LogP contribution in [0.25, 0.3) is 10.1 Å². The van der Waals surface area contributed by atoms with Gasteiger partial charge >= 0.3 is 0 Å². The third kappa shape index (κ3) is 1.52. The van der Waals surface area contributed by atoms with E-state index in [-0.39, 0.29) is 0 Å². The van der Waals surface area contributed by atoms with Crippen molar-refractivity contribution >= 4 is 27.1 Å². The van der Waals surface area contributed by atoms with Gasteiger partial charge in [0.25, 0.3) is 0 Å². The van der Waals surface area contributed by atoms with E-state index in [4.69, 9.17) is 5.73 Å². The Balaban J connectivity index is 2.06. The summed E-state index contributed by atoms with van der Waals surface area (Å²) in [5, 5.41) is 3.53. The van der Waals surface area contributed by atoms with E-state index in [2.05, 4.69) is 34.5 Å². The molecular formula is C12H14N2S. The van der Waals surface area contributed by atoms with Crippen LogP contribution in [0.3, 0.4) is 0 Å². The lowest BCUT2D eigenvalue weighted by Crippen LogP contribution is -2.26. The van der Waals surface area contributed by atoms with Gasteiger partial charge in [-0.05, 0) is 30.0 Å². The quantitative estimate of drug-likeness (QED) is 0.796. The van der Waals surface area contributed by atoms with Crippen molar-refractivity contribution in [2.45, 2.75) is 12.5 Å². The summed E-state index contributed by atoms with van der Waals surface area (Å²) in [6.45, 7) is 2.09. The van der Waals surface area contributed by atoms with Gasteiger partial charge in [0.05, 0.1) is 0 Å². The summed E-state index contributed by atoms with van der Waals surface area (Å²) in [5.74, 6) is 0. The summed E-state index contributed by atoms with van der Waals surface area (Å²) in [6.07, 6.45) is 1.11. The van der Waals surface area contributed by atoms with Crippen molar-refractivity contribution in [3.63, 3.8) is 0 Å². The maximum atomic E-state index is 5.94. The van der Waals surface area contributed by atoms with Crippen LogP contribution in [0, 0.1) is 0 Å². The van der Waals surface area contributed by atoms with E-state index < -0.39 is 0 Å². The molecule has 2 aromatic rings. The summed E-state index contributed by atoms with van der Waals surface area (Å²) in [4.78, 5) is 2.40. The molecule has 3 heteroatoms. The van der Waals surface area contributed by atoms with Gasteiger partial charge in [-0.3, -0.25) is 0 Å². The molecule has 3 rings (SSSR count). The monoisotopic (exact) mass is 218 g/mol. The van der Waals surface area contributed by atoms with Crippen molar-refractivity contribution in [1.82, 2.24) is 0 Å². The number of rotatable bonds is 1. The highest BCUT2D eigenvalue weighted by Gasteiger charge is 2.20. The number of benzene rings is 1. The molecule has 1 aromatic carbocycles. The molecule has 1 unspecified atom stereocenters. The largest absolute Gasteiger partial charge is 0.369 e. The summed E-state index contributed by atoms with van der Waals surface area (Å²) in [5.41, 5.74) is 7.29. The average Bonchev–Trinajstić information content (AvgIpc) is 2.84. The third-order valence-corrected chi connectivity index (χ3v) is 3.92. The highest BCUT2D eigenvalue weighted by molar-refractivity contribution is 7.17. The zero-order valence-corrected chi connectivity index (χ0v) is 9.33. The van der Waals surface area contributed by atoms with Gasteiger partial charge in [-0.2, -0.15) is 0 Å². The second kappa shape index (κ2) is 3.51. The van der Waals surface area contributed by atoms with Gasteiger partial charge in [0, 0.05) is 34.9 Å². The molecule has 0 spiro atoms. The molecule has 0 amide bonds. The molecule has 15 heavy (non-hydrogen) atoms. The molecule has 1 atom stereocenters. The van der Waals surface area contributed by atoms with Crippen LogP contribution in [0.5, 0.6) is 0 Å². The smallest absolute Gasteiger partial charge is 0.0454 e. The normalized spacial score (nSPS) is 21.4. The zero-order valence-electron chi connectivity index (χ0n) is 8.52. The van der Waals surface area contributed by atoms with Crippen molar-refractivity contribution in [2.75, 3.05) is 18.0 Å². The molecule has 78 valence electrons. The minimum atomic E-state index is 0.346. The van der Waals surface area contributed by atoms with E-state index in [1.54, 1.807) is 11.3 Å². The predicted molar refractivity (Wildman–Crippen MR) is 66.6 cm³/mol. The summed E-state index contributed by atoms with van der Waals surface area (Å²) >= 11 is 1.80. The first kappa shape index (κ1) is 9.19. The number of thiophene rings is 1. The van der Waals surface area contributed by atoms with Crippen LogP contribution in [-0.4, -0.2) is 19.1 Å². The van der Waals surface area contributed by atoms with Crippen molar-refractivity contribution in [1.29, 1.82) is 0 Å². The van der Waals surface area contributed by atoms with Gasteiger partial charge in [0.15, 0.2) is 0 Å². The fourth-order valence-electron chi connectivity index (χ4n) is 2.26. The Kier molecular flexibility index (Phi) is 2.15. The topological polar surface area (TPSA) is 29.3 Å². The van der Waals surface area contributed by atoms with E-state index in [1.165, 1.54) is 15.8 Å². The Bertz CT molecular complexity index is 477. The molecule has 0 saturated carbocycles. The number of nitrogens with two attached hydrogens (primary N) is 1. The van der Waals surface area contributed by atoms with Crippen LogP contribution in [-0.2, 0) is 0 Å². The molecule has 1 aliphatic rings. The fraction of sp³-hybridized carbons (Fsp3) is 0.333. The number of anilines is 1. The first-order chi connectivity index (χ1) is 7.34. The standard InChI is InChI=1S/C12H14N2S/c13-9-4-6-14(8-9)11-2-1-3-12-10(11)5-7-15-12/h1-3,5,7,9H,4,6,8,13H2. The van der Waals surface area contributed by atoms with Crippen LogP contribution in [0.4, 0.5) is 5.69 Å². The molecule has 1 fully saturated rings. The summed E-state index contributed by atoms with van der Waals surface area (Å²) in [6, 6.07) is 9.07. The third-order valence-electron chi connectivity index (χ3n) is 3.04. The molecule has 0 bridgehead atoms. The predicted octanol–water partition coefficient (Wildman–Crippen LogP) is 2.44. The van der Waals surface area contributed by atoms with Crippen molar-refractivity contribution < 1.29 is 0 Å². The highest BCUT2D eigenvalue weighted by atomic mass is 32.1. The molecular weight excluding hydrogens is 204 g/mol. The Morgan fingerprint density at radius 3 is 3.07 bits per heavy atom. The van der Waals surface area contributed by atoms with E-state index >= 15 is 0 Å². The van der Waals surface area contributed by atoms with Gasteiger partial charge in [0.2, 0.25) is 0 Å². The van der Waals surface area contributed by atoms with E-state index in [0.29, 0.717) is 6.04 Å². The maximum Gasteiger partial charge on any atom is 0.0454 e. The minimum Gasteiger partial charge on any atom is -0.369 e. The Morgan fingerprint density at radius 1 is 1.33 bits per heavy atom. The average molecular weight is 218 g/mol. The second-order valence-corrected chi connectivity index (χ2v) is 5.05. The Labute approximate surface area is 93.3 Å². The Morgan fingerprint density at radius 2 is 2.27 bits per heavy atom. The molecule has 1 saturated heterocycles. The fourth-order valence-corrected chi connectivity index (χ4v) is 3.07. The summed E-state index contributed by atoms with van der Waals surface area (Å²) in [7, 11) is 0. The highest BCUT2D eigenvalue weighted by Crippen LogP contribution is 2.31. The molecule has 2 heterocycles. The molecule has 0 radical (unpaired) electrons. The number of fused-ring (bicyclic) bond motifs is 1. The minimum absolute atomic E-state index is 0.346. The zero-order chi connectivity index (χ0) is 10.3. The number of hydrogen-bond acceptors (Lipinski definition) is 3. The van der Waals surface area contributed by atoms with Crippen LogP contribution in [0.15, 0.2) is 29.6 Å². The lowest BCUT2D eigenvalue weighted by atomic mass is 10.2. The van der Waals surface area contributed by atoms with Gasteiger partial charge in [0.1, 0.15) is 0 Å². The molecule has 2 N–H and O–H groups in total. The first-order valence-electron chi connectivity index (χ1n) is 5.31. The SMILES string of the molecule is NC1CCN(c2cccc3sccc23)C1. The van der Waals surface area contributed by atoms with Crippen molar-refractivity contribution in [2.24, 2.45) is 5.73 Å². The molecule has 0 aliphatic carbocycles. The van der Waals surface area contributed by atoms with Gasteiger partial charge in [-0.15, -0.1) is 11.3 Å². The second-order valence-electron chi connectivity index (χ2n) is 4.10. The maximum absolute atomic E-state index is 5.94. The van der Waals surface area contributed by atoms with E-state index in [0.717, 1.165) is 19.5 Å². The van der Waals surface area contributed by atoms with Crippen LogP contribution in [0.1, 0.15) is 6.42 Å². The van der Waals surface area contributed by atoms with Crippen LogP contribution < -0.4 is 10.6 Å². The van der Waals surface area contributed by atoms with Gasteiger partial charge < -0.3 is 10.6 Å². The number of hydrogen-bond donors (Lipinski definition) is 1. The van der Waals surface area contributed by atoms with E-state index in [1.807, 2.05) is 0 Å². The molecule has 1 aliphatic heterocycles. The lowest BCUT2D eigenvalue weighted by molar-refractivity contribution is 0.752. The Hall–Kier alpha value is -1.06. The van der Waals surface area contributed by atoms with Crippen molar-refractivity contribution in [3.05, 3.63) is 29.6 Å². The molecule has 2 nitrogen and oxygen atoms in total. The molecule has 1 aromatic heterocycles. The van der Waals surface area contributed by atoms with E-state index in [9.17, 15) is 0 Å². The van der Waals surface area contributed by atoms with Crippen LogP contribution >= 0.6 is 11.3 Å².